The van der Waals surface area contributed by atoms with Crippen molar-refractivity contribution in [1.82, 2.24) is 15.0 Å². The number of benzene rings is 1. The van der Waals surface area contributed by atoms with Crippen molar-refractivity contribution in [2.45, 2.75) is 24.4 Å². The van der Waals surface area contributed by atoms with Gasteiger partial charge in [0.15, 0.2) is 5.96 Å². The van der Waals surface area contributed by atoms with E-state index >= 15 is 0 Å². The van der Waals surface area contributed by atoms with Gasteiger partial charge in [0.2, 0.25) is 10.0 Å². The van der Waals surface area contributed by atoms with Crippen LogP contribution in [0.25, 0.3) is 10.8 Å². The van der Waals surface area contributed by atoms with Crippen LogP contribution in [0.5, 0.6) is 0 Å². The number of nitrogens with two attached hydrogens (primary N) is 1. The van der Waals surface area contributed by atoms with Crippen LogP contribution < -0.4 is 15.8 Å². The Morgan fingerprint density at radius 3 is 2.86 bits per heavy atom. The standard InChI is InChI=1S/C13H17N5O2S/c1-2-12(17-13(14)15)18-21(19,20)11-5-3-4-9-8-16-7-6-10(9)11/h3-8,12,18H,2H2,1H3,(H4,14,15,17). The highest BCUT2D eigenvalue weighted by molar-refractivity contribution is 7.89. The minimum Gasteiger partial charge on any atom is -0.370 e. The molecule has 1 aromatic carbocycles. The van der Waals surface area contributed by atoms with Crippen molar-refractivity contribution in [2.75, 3.05) is 0 Å². The first-order valence-electron chi connectivity index (χ1n) is 6.39. The van der Waals surface area contributed by atoms with E-state index in [1.54, 1.807) is 37.5 Å². The molecule has 2 aromatic rings. The SMILES string of the molecule is CCC(NC(=N)N)NS(=O)(=O)c1cccc2cnccc12. The lowest BCUT2D eigenvalue weighted by atomic mass is 10.2. The van der Waals surface area contributed by atoms with E-state index in [-0.39, 0.29) is 10.9 Å². The number of guanidine groups is 1. The van der Waals surface area contributed by atoms with Crippen molar-refractivity contribution in [1.29, 1.82) is 5.41 Å². The maximum atomic E-state index is 12.5. The van der Waals surface area contributed by atoms with Crippen molar-refractivity contribution in [3.63, 3.8) is 0 Å². The maximum Gasteiger partial charge on any atom is 0.242 e. The van der Waals surface area contributed by atoms with E-state index in [9.17, 15) is 8.42 Å². The molecule has 0 saturated heterocycles. The average Bonchev–Trinajstić information content (AvgIpc) is 2.45. The molecule has 5 N–H and O–H groups in total. The minimum atomic E-state index is -3.74. The van der Waals surface area contributed by atoms with Crippen molar-refractivity contribution in [2.24, 2.45) is 5.73 Å². The Hall–Kier alpha value is -2.19. The number of rotatable bonds is 5. The number of hydrogen-bond acceptors (Lipinski definition) is 4. The van der Waals surface area contributed by atoms with Crippen LogP contribution in [-0.4, -0.2) is 25.5 Å². The lowest BCUT2D eigenvalue weighted by Gasteiger charge is -2.19. The molecular weight excluding hydrogens is 290 g/mol. The fourth-order valence-corrected chi connectivity index (χ4v) is 3.44. The van der Waals surface area contributed by atoms with Crippen molar-refractivity contribution >= 4 is 26.8 Å². The summed E-state index contributed by atoms with van der Waals surface area (Å²) in [7, 11) is -3.74. The molecule has 112 valence electrons. The molecule has 1 unspecified atom stereocenters. The molecule has 0 amide bonds. The fraction of sp³-hybridized carbons (Fsp3) is 0.231. The zero-order valence-corrected chi connectivity index (χ0v) is 12.3. The summed E-state index contributed by atoms with van der Waals surface area (Å²) in [5.74, 6) is -0.285. The molecule has 1 aromatic heterocycles. The molecule has 0 spiro atoms. The Balaban J connectivity index is 2.40. The smallest absolute Gasteiger partial charge is 0.242 e. The van der Waals surface area contributed by atoms with E-state index in [2.05, 4.69) is 15.0 Å². The van der Waals surface area contributed by atoms with E-state index in [1.165, 1.54) is 6.07 Å². The number of aromatic nitrogens is 1. The summed E-state index contributed by atoms with van der Waals surface area (Å²) in [5, 5.41) is 11.1. The quantitative estimate of drug-likeness (QED) is 0.369. The monoisotopic (exact) mass is 307 g/mol. The zero-order valence-electron chi connectivity index (χ0n) is 11.5. The minimum absolute atomic E-state index is 0.172. The highest BCUT2D eigenvalue weighted by Gasteiger charge is 2.21. The van der Waals surface area contributed by atoms with Crippen LogP contribution in [0.1, 0.15) is 13.3 Å². The van der Waals surface area contributed by atoms with Crippen LogP contribution in [0, 0.1) is 5.41 Å². The van der Waals surface area contributed by atoms with Gasteiger partial charge in [-0.3, -0.25) is 10.4 Å². The maximum absolute atomic E-state index is 12.5. The molecule has 1 atom stereocenters. The lowest BCUT2D eigenvalue weighted by molar-refractivity contribution is 0.520. The van der Waals surface area contributed by atoms with E-state index in [0.717, 1.165) is 5.39 Å². The molecule has 8 heteroatoms. The van der Waals surface area contributed by atoms with Gasteiger partial charge in [-0.05, 0) is 18.6 Å². The summed E-state index contributed by atoms with van der Waals surface area (Å²) < 4.78 is 27.5. The van der Waals surface area contributed by atoms with Crippen LogP contribution in [0.4, 0.5) is 0 Å². The van der Waals surface area contributed by atoms with Crippen molar-refractivity contribution in [3.05, 3.63) is 36.7 Å². The second-order valence-electron chi connectivity index (χ2n) is 4.49. The number of sulfonamides is 1. The number of fused-ring (bicyclic) bond motifs is 1. The third-order valence-corrected chi connectivity index (χ3v) is 4.50. The molecule has 7 nitrogen and oxygen atoms in total. The van der Waals surface area contributed by atoms with E-state index < -0.39 is 16.2 Å². The predicted octanol–water partition coefficient (Wildman–Crippen LogP) is 0.732. The van der Waals surface area contributed by atoms with Gasteiger partial charge in [0.25, 0.3) is 0 Å². The second-order valence-corrected chi connectivity index (χ2v) is 6.18. The number of nitrogens with zero attached hydrogens (tertiary/aromatic N) is 1. The summed E-state index contributed by atoms with van der Waals surface area (Å²) in [6, 6.07) is 6.65. The van der Waals surface area contributed by atoms with Crippen LogP contribution in [0.2, 0.25) is 0 Å². The van der Waals surface area contributed by atoms with E-state index in [0.29, 0.717) is 11.8 Å². The van der Waals surface area contributed by atoms with Gasteiger partial charge in [0, 0.05) is 23.2 Å². The summed E-state index contributed by atoms with van der Waals surface area (Å²) in [6.07, 6.45) is 2.97. The molecule has 0 saturated carbocycles. The summed E-state index contributed by atoms with van der Waals surface area (Å²) in [4.78, 5) is 4.15. The molecule has 0 radical (unpaired) electrons. The highest BCUT2D eigenvalue weighted by Crippen LogP contribution is 2.22. The zero-order chi connectivity index (χ0) is 15.5. The Bertz CT molecular complexity index is 755. The molecular formula is C13H17N5O2S. The molecule has 21 heavy (non-hydrogen) atoms. The number of hydrogen-bond donors (Lipinski definition) is 4. The molecule has 0 aliphatic heterocycles. The highest BCUT2D eigenvalue weighted by atomic mass is 32.2. The topological polar surface area (TPSA) is 121 Å². The number of nitrogens with one attached hydrogen (secondary N) is 3. The first-order chi connectivity index (χ1) is 9.94. The van der Waals surface area contributed by atoms with Gasteiger partial charge in [-0.15, -0.1) is 0 Å². The first kappa shape index (κ1) is 15.2. The van der Waals surface area contributed by atoms with Crippen molar-refractivity contribution in [3.8, 4) is 0 Å². The fourth-order valence-electron chi connectivity index (χ4n) is 1.98. The largest absolute Gasteiger partial charge is 0.370 e. The van der Waals surface area contributed by atoms with Gasteiger partial charge in [0.05, 0.1) is 11.1 Å². The molecule has 2 rings (SSSR count). The Kier molecular flexibility index (Phi) is 4.39. The van der Waals surface area contributed by atoms with Gasteiger partial charge in [-0.25, -0.2) is 8.42 Å². The molecule has 0 aliphatic rings. The molecule has 1 heterocycles. The Morgan fingerprint density at radius 1 is 1.43 bits per heavy atom. The average molecular weight is 307 g/mol. The third kappa shape index (κ3) is 3.47. The second kappa shape index (κ2) is 6.06. The predicted molar refractivity (Wildman–Crippen MR) is 81.2 cm³/mol. The Morgan fingerprint density at radius 2 is 2.19 bits per heavy atom. The van der Waals surface area contributed by atoms with Crippen LogP contribution in [0.15, 0.2) is 41.6 Å². The van der Waals surface area contributed by atoms with Gasteiger partial charge < -0.3 is 11.1 Å². The van der Waals surface area contributed by atoms with Gasteiger partial charge in [0.1, 0.15) is 0 Å². The van der Waals surface area contributed by atoms with Crippen LogP contribution in [0.3, 0.4) is 0 Å². The lowest BCUT2D eigenvalue weighted by Crippen LogP contribution is -2.49. The summed E-state index contributed by atoms with van der Waals surface area (Å²) >= 11 is 0. The Labute approximate surface area is 123 Å². The van der Waals surface area contributed by atoms with Crippen LogP contribution >= 0.6 is 0 Å². The molecule has 0 bridgehead atoms. The van der Waals surface area contributed by atoms with Gasteiger partial charge in [-0.2, -0.15) is 4.72 Å². The van der Waals surface area contributed by atoms with Crippen LogP contribution in [-0.2, 0) is 10.0 Å². The third-order valence-electron chi connectivity index (χ3n) is 2.97. The molecule has 0 fully saturated rings. The van der Waals surface area contributed by atoms with Gasteiger partial charge in [-0.1, -0.05) is 19.1 Å². The van der Waals surface area contributed by atoms with E-state index in [1.807, 2.05) is 0 Å². The summed E-state index contributed by atoms with van der Waals surface area (Å²) in [5.41, 5.74) is 5.25. The normalized spacial score (nSPS) is 13.0. The molecule has 0 aliphatic carbocycles. The van der Waals surface area contributed by atoms with E-state index in [4.69, 9.17) is 11.1 Å². The number of pyridine rings is 1. The first-order valence-corrected chi connectivity index (χ1v) is 7.88. The summed E-state index contributed by atoms with van der Waals surface area (Å²) in [6.45, 7) is 1.79. The van der Waals surface area contributed by atoms with Crippen molar-refractivity contribution < 1.29 is 8.42 Å². The van der Waals surface area contributed by atoms with Gasteiger partial charge >= 0.3 is 0 Å².